The predicted molar refractivity (Wildman–Crippen MR) is 87.6 cm³/mol. The molecular weight excluding hydrogens is 272 g/mol. The van der Waals surface area contributed by atoms with Crippen molar-refractivity contribution in [3.63, 3.8) is 0 Å². The van der Waals surface area contributed by atoms with E-state index in [2.05, 4.69) is 46.8 Å². The number of carbonyl (C=O) groups is 1. The highest BCUT2D eigenvalue weighted by Crippen LogP contribution is 2.29. The molecule has 0 aromatic heterocycles. The summed E-state index contributed by atoms with van der Waals surface area (Å²) < 4.78 is 0.958. The second-order valence-electron chi connectivity index (χ2n) is 6.60. The second kappa shape index (κ2) is 8.70. The Kier molecular flexibility index (Phi) is 8.47. The van der Waals surface area contributed by atoms with Crippen LogP contribution >= 0.6 is 11.8 Å². The number of aliphatic hydroxyl groups is 1. The maximum absolute atomic E-state index is 11.0. The van der Waals surface area contributed by atoms with E-state index in [0.717, 1.165) is 24.0 Å². The summed E-state index contributed by atoms with van der Waals surface area (Å²) in [5.41, 5.74) is -0.293. The molecule has 0 aliphatic rings. The number of amides is 1. The minimum absolute atomic E-state index is 0.0935. The van der Waals surface area contributed by atoms with Crippen LogP contribution in [0.2, 0.25) is 0 Å². The zero-order chi connectivity index (χ0) is 15.8. The first-order chi connectivity index (χ1) is 9.12. The van der Waals surface area contributed by atoms with Crippen molar-refractivity contribution in [1.82, 2.24) is 5.32 Å². The van der Waals surface area contributed by atoms with E-state index < -0.39 is 0 Å². The molecule has 0 spiro atoms. The Morgan fingerprint density at radius 2 is 2.10 bits per heavy atom. The first-order valence-corrected chi connectivity index (χ1v) is 8.19. The summed E-state index contributed by atoms with van der Waals surface area (Å²) >= 11 is 1.49. The average Bonchev–Trinajstić information content (AvgIpc) is 2.32. The lowest BCUT2D eigenvalue weighted by Crippen LogP contribution is -2.46. The molecule has 0 radical (unpaired) electrons. The molecule has 0 saturated heterocycles. The van der Waals surface area contributed by atoms with Crippen LogP contribution in [0.5, 0.6) is 0 Å². The molecule has 0 bridgehead atoms. The highest BCUT2D eigenvalue weighted by Gasteiger charge is 2.30. The van der Waals surface area contributed by atoms with Gasteiger partial charge in [0.2, 0.25) is 5.91 Å². The summed E-state index contributed by atoms with van der Waals surface area (Å²) in [6.07, 6.45) is 2.02. The number of thioether (sulfide) groups is 1. The number of nitrogens with one attached hydrogen (secondary N) is 1. The van der Waals surface area contributed by atoms with Gasteiger partial charge in [-0.1, -0.05) is 20.4 Å². The highest BCUT2D eigenvalue weighted by atomic mass is 32.2. The van der Waals surface area contributed by atoms with Gasteiger partial charge in [0.1, 0.15) is 5.44 Å². The van der Waals surface area contributed by atoms with Gasteiger partial charge in [-0.2, -0.15) is 0 Å². The first kappa shape index (κ1) is 19.5. The summed E-state index contributed by atoms with van der Waals surface area (Å²) in [7, 11) is 4.43. The second-order valence-corrected chi connectivity index (χ2v) is 7.88. The SMILES string of the molecule is C=CC(=O)NCCSC(O)CC(C)(C)C[N+](C)(C)CC. The summed E-state index contributed by atoms with van der Waals surface area (Å²) in [5, 5.41) is 12.8. The van der Waals surface area contributed by atoms with Crippen molar-refractivity contribution in [1.29, 1.82) is 0 Å². The molecule has 0 heterocycles. The van der Waals surface area contributed by atoms with Gasteiger partial charge >= 0.3 is 0 Å². The topological polar surface area (TPSA) is 49.3 Å². The van der Waals surface area contributed by atoms with E-state index in [0.29, 0.717) is 12.3 Å². The highest BCUT2D eigenvalue weighted by molar-refractivity contribution is 7.99. The molecule has 1 atom stereocenters. The van der Waals surface area contributed by atoms with Gasteiger partial charge in [0.15, 0.2) is 0 Å². The Morgan fingerprint density at radius 3 is 2.60 bits per heavy atom. The molecule has 1 unspecified atom stereocenters. The van der Waals surface area contributed by atoms with E-state index in [4.69, 9.17) is 0 Å². The first-order valence-electron chi connectivity index (χ1n) is 7.14. The Morgan fingerprint density at radius 1 is 1.50 bits per heavy atom. The van der Waals surface area contributed by atoms with Crippen molar-refractivity contribution in [2.75, 3.05) is 39.5 Å². The predicted octanol–water partition coefficient (Wildman–Crippen LogP) is 1.85. The van der Waals surface area contributed by atoms with Gasteiger partial charge in [0, 0.05) is 17.7 Å². The van der Waals surface area contributed by atoms with E-state index in [1.165, 1.54) is 17.8 Å². The van der Waals surface area contributed by atoms with Crippen molar-refractivity contribution < 1.29 is 14.4 Å². The molecule has 5 heteroatoms. The van der Waals surface area contributed by atoms with Crippen molar-refractivity contribution in [3.8, 4) is 0 Å². The Hall–Kier alpha value is -0.520. The van der Waals surface area contributed by atoms with Crippen LogP contribution in [0.15, 0.2) is 12.7 Å². The van der Waals surface area contributed by atoms with Gasteiger partial charge in [0.05, 0.1) is 27.2 Å². The summed E-state index contributed by atoms with van der Waals surface area (Å²) in [5.74, 6) is 0.547. The fourth-order valence-electron chi connectivity index (χ4n) is 2.31. The normalized spacial score (nSPS) is 13.9. The van der Waals surface area contributed by atoms with Crippen LogP contribution in [0.4, 0.5) is 0 Å². The van der Waals surface area contributed by atoms with Gasteiger partial charge in [-0.25, -0.2) is 0 Å². The van der Waals surface area contributed by atoms with Crippen LogP contribution in [0, 0.1) is 5.41 Å². The maximum atomic E-state index is 11.0. The quantitative estimate of drug-likeness (QED) is 0.280. The van der Waals surface area contributed by atoms with Crippen LogP contribution in [0.3, 0.4) is 0 Å². The van der Waals surface area contributed by atoms with Crippen LogP contribution < -0.4 is 5.32 Å². The van der Waals surface area contributed by atoms with Crippen LogP contribution in [0.25, 0.3) is 0 Å². The molecule has 118 valence electrons. The third kappa shape index (κ3) is 9.39. The van der Waals surface area contributed by atoms with Gasteiger partial charge in [-0.05, 0) is 19.4 Å². The summed E-state index contributed by atoms with van der Waals surface area (Å²) in [4.78, 5) is 11.0. The van der Waals surface area contributed by atoms with Gasteiger partial charge in [-0.3, -0.25) is 4.79 Å². The fraction of sp³-hybridized carbons (Fsp3) is 0.800. The molecule has 2 N–H and O–H groups in total. The largest absolute Gasteiger partial charge is 0.382 e. The average molecular weight is 303 g/mol. The van der Waals surface area contributed by atoms with Crippen molar-refractivity contribution >= 4 is 17.7 Å². The number of hydrogen-bond acceptors (Lipinski definition) is 3. The number of hydrogen-bond donors (Lipinski definition) is 2. The summed E-state index contributed by atoms with van der Waals surface area (Å²) in [6.45, 7) is 12.7. The van der Waals surface area contributed by atoms with E-state index in [-0.39, 0.29) is 16.8 Å². The van der Waals surface area contributed by atoms with Gasteiger partial charge < -0.3 is 14.9 Å². The molecule has 0 aromatic carbocycles. The Bertz CT molecular complexity index is 317. The van der Waals surface area contributed by atoms with E-state index in [1.807, 2.05) is 0 Å². The standard InChI is InChI=1S/C15H30N2O2S/c1-7-13(18)16-9-10-20-14(19)11-15(3,4)12-17(5,6)8-2/h7,14,19H,1,8-12H2,2-6H3/p+1. The number of nitrogens with zero attached hydrogens (tertiary/aromatic N) is 1. The lowest BCUT2D eigenvalue weighted by atomic mass is 9.88. The molecular formula is C15H31N2O2S+. The number of quaternary nitrogens is 1. The molecule has 20 heavy (non-hydrogen) atoms. The lowest BCUT2D eigenvalue weighted by molar-refractivity contribution is -0.894. The fourth-order valence-corrected chi connectivity index (χ4v) is 3.37. The maximum Gasteiger partial charge on any atom is 0.243 e. The minimum atomic E-state index is -0.387. The molecule has 4 nitrogen and oxygen atoms in total. The van der Waals surface area contributed by atoms with E-state index in [1.54, 1.807) is 0 Å². The van der Waals surface area contributed by atoms with Crippen molar-refractivity contribution in [2.24, 2.45) is 5.41 Å². The Labute approximate surface area is 128 Å². The monoisotopic (exact) mass is 303 g/mol. The number of carbonyl (C=O) groups excluding carboxylic acids is 1. The van der Waals surface area contributed by atoms with Gasteiger partial charge in [-0.15, -0.1) is 11.8 Å². The lowest BCUT2D eigenvalue weighted by Gasteiger charge is -2.37. The number of aliphatic hydroxyl groups excluding tert-OH is 1. The molecule has 0 fully saturated rings. The molecule has 0 rings (SSSR count). The zero-order valence-corrected chi connectivity index (χ0v) is 14.4. The molecule has 0 aliphatic carbocycles. The molecule has 0 aromatic rings. The molecule has 0 saturated carbocycles. The van der Waals surface area contributed by atoms with Crippen LogP contribution in [-0.4, -0.2) is 60.4 Å². The van der Waals surface area contributed by atoms with E-state index >= 15 is 0 Å². The minimum Gasteiger partial charge on any atom is -0.382 e. The third-order valence-electron chi connectivity index (χ3n) is 3.34. The van der Waals surface area contributed by atoms with Crippen LogP contribution in [-0.2, 0) is 4.79 Å². The Balaban J connectivity index is 4.02. The van der Waals surface area contributed by atoms with Crippen molar-refractivity contribution in [3.05, 3.63) is 12.7 Å². The van der Waals surface area contributed by atoms with Crippen LogP contribution in [0.1, 0.15) is 27.2 Å². The van der Waals surface area contributed by atoms with Crippen molar-refractivity contribution in [2.45, 2.75) is 32.6 Å². The molecule has 1 amide bonds. The smallest absolute Gasteiger partial charge is 0.243 e. The molecule has 0 aliphatic heterocycles. The third-order valence-corrected chi connectivity index (χ3v) is 4.33. The zero-order valence-electron chi connectivity index (χ0n) is 13.6. The number of rotatable bonds is 10. The van der Waals surface area contributed by atoms with E-state index in [9.17, 15) is 9.90 Å². The summed E-state index contributed by atoms with van der Waals surface area (Å²) in [6, 6.07) is 0. The van der Waals surface area contributed by atoms with Gasteiger partial charge in [0.25, 0.3) is 0 Å².